The molecule has 200 valence electrons. The summed E-state index contributed by atoms with van der Waals surface area (Å²) in [5.41, 5.74) is 8.71. The Morgan fingerprint density at radius 3 is 2.35 bits per heavy atom. The molecule has 2 aromatic heterocycles. The van der Waals surface area contributed by atoms with Crippen LogP contribution < -0.4 is 15.8 Å². The molecule has 2 N–H and O–H groups in total. The van der Waals surface area contributed by atoms with E-state index in [2.05, 4.69) is 71.4 Å². The second-order valence-corrected chi connectivity index (χ2v) is 11.0. The number of aryl methyl sites for hydroxylation is 3. The van der Waals surface area contributed by atoms with Gasteiger partial charge in [-0.3, -0.25) is 4.79 Å². The zero-order valence-electron chi connectivity index (χ0n) is 23.7. The molecule has 3 aromatic rings. The van der Waals surface area contributed by atoms with E-state index in [4.69, 9.17) is 0 Å². The summed E-state index contributed by atoms with van der Waals surface area (Å²) in [5.74, 6) is 0. The number of hydrogen-bond acceptors (Lipinski definition) is 5. The minimum Gasteiger partial charge on any atom is -0.369 e. The van der Waals surface area contributed by atoms with Crippen molar-refractivity contribution < 1.29 is 0 Å². The van der Waals surface area contributed by atoms with Crippen LogP contribution in [0.4, 0.5) is 5.69 Å². The average molecular weight is 505 g/mol. The van der Waals surface area contributed by atoms with Gasteiger partial charge >= 0.3 is 0 Å². The zero-order valence-corrected chi connectivity index (χ0v) is 23.7. The Kier molecular flexibility index (Phi) is 8.55. The van der Waals surface area contributed by atoms with Crippen LogP contribution in [0.5, 0.6) is 0 Å². The molecule has 0 saturated heterocycles. The number of H-pyrrole nitrogens is 1. The van der Waals surface area contributed by atoms with Crippen LogP contribution in [0.3, 0.4) is 0 Å². The third-order valence-electron chi connectivity index (χ3n) is 8.09. The summed E-state index contributed by atoms with van der Waals surface area (Å²) in [6.07, 6.45) is 8.86. The number of nitrogens with zero attached hydrogens (tertiary/aromatic N) is 4. The first kappa shape index (κ1) is 27.1. The fourth-order valence-corrected chi connectivity index (χ4v) is 5.88. The molecule has 1 fully saturated rings. The lowest BCUT2D eigenvalue weighted by Gasteiger charge is -2.40. The van der Waals surface area contributed by atoms with Gasteiger partial charge in [0.05, 0.1) is 12.0 Å². The molecule has 0 atom stereocenters. The van der Waals surface area contributed by atoms with Crippen LogP contribution in [0.25, 0.3) is 11.3 Å². The van der Waals surface area contributed by atoms with Gasteiger partial charge in [-0.05, 0) is 102 Å². The highest BCUT2D eigenvalue weighted by molar-refractivity contribution is 5.70. The number of rotatable bonds is 9. The van der Waals surface area contributed by atoms with Gasteiger partial charge in [0.25, 0.3) is 5.56 Å². The van der Waals surface area contributed by atoms with Crippen molar-refractivity contribution in [1.29, 1.82) is 0 Å². The molecule has 0 bridgehead atoms. The molecule has 0 radical (unpaired) electrons. The maximum absolute atomic E-state index is 12.5. The number of aromatic amines is 1. The van der Waals surface area contributed by atoms with Gasteiger partial charge in [-0.2, -0.15) is 0 Å². The highest BCUT2D eigenvalue weighted by Gasteiger charge is 2.28. The molecular weight excluding hydrogens is 460 g/mol. The molecule has 1 saturated carbocycles. The van der Waals surface area contributed by atoms with Crippen molar-refractivity contribution in [2.75, 3.05) is 25.5 Å². The Bertz CT molecular complexity index is 1270. The highest BCUT2D eigenvalue weighted by atomic mass is 16.1. The van der Waals surface area contributed by atoms with Gasteiger partial charge in [0.1, 0.15) is 0 Å². The van der Waals surface area contributed by atoms with Gasteiger partial charge in [-0.25, -0.2) is 4.98 Å². The van der Waals surface area contributed by atoms with Gasteiger partial charge in [0, 0.05) is 67.5 Å². The second-order valence-electron chi connectivity index (χ2n) is 11.0. The van der Waals surface area contributed by atoms with E-state index in [1.165, 1.54) is 42.5 Å². The minimum atomic E-state index is -0.00451. The van der Waals surface area contributed by atoms with Crippen molar-refractivity contribution in [1.82, 2.24) is 24.8 Å². The number of anilines is 1. The Labute approximate surface area is 221 Å². The standard InChI is InChI=1S/C30H44N6O/c1-8-36(26-11-9-25(10-12-26)34(5)6)29-15-23(28-18-35(7)19-32-28)14-24(22(29)4)16-31-17-27-20(2)13-21(3)33-30(27)37/h13-15,18-19,25-26,31H,8-12,16-17H2,1-7H3,(H,33,37)/t25-,26-. The fourth-order valence-electron chi connectivity index (χ4n) is 5.88. The van der Waals surface area contributed by atoms with Crippen LogP contribution in [0, 0.1) is 20.8 Å². The predicted octanol–water partition coefficient (Wildman–Crippen LogP) is 4.69. The lowest BCUT2D eigenvalue weighted by Crippen LogP contribution is -2.42. The Morgan fingerprint density at radius 1 is 1.05 bits per heavy atom. The van der Waals surface area contributed by atoms with Crippen LogP contribution in [-0.2, 0) is 20.1 Å². The van der Waals surface area contributed by atoms with Crippen LogP contribution in [0.1, 0.15) is 60.6 Å². The van der Waals surface area contributed by atoms with Gasteiger partial charge in [-0.1, -0.05) is 0 Å². The molecular formula is C30H44N6O. The molecule has 0 spiro atoms. The number of imidazole rings is 1. The Balaban J connectivity index is 1.63. The zero-order chi connectivity index (χ0) is 26.7. The van der Waals surface area contributed by atoms with E-state index >= 15 is 0 Å². The molecule has 1 aromatic carbocycles. The molecule has 4 rings (SSSR count). The van der Waals surface area contributed by atoms with Crippen molar-refractivity contribution in [2.45, 2.75) is 78.6 Å². The molecule has 37 heavy (non-hydrogen) atoms. The van der Waals surface area contributed by atoms with E-state index in [0.29, 0.717) is 25.2 Å². The van der Waals surface area contributed by atoms with Crippen LogP contribution in [0.15, 0.2) is 35.5 Å². The first-order chi connectivity index (χ1) is 17.7. The summed E-state index contributed by atoms with van der Waals surface area (Å²) in [6, 6.07) is 7.86. The molecule has 0 unspecified atom stereocenters. The number of pyridine rings is 1. The van der Waals surface area contributed by atoms with Crippen molar-refractivity contribution in [2.24, 2.45) is 7.05 Å². The summed E-state index contributed by atoms with van der Waals surface area (Å²) in [7, 11) is 6.42. The van der Waals surface area contributed by atoms with Crippen molar-refractivity contribution >= 4 is 5.69 Å². The van der Waals surface area contributed by atoms with Crippen molar-refractivity contribution in [3.05, 3.63) is 69.0 Å². The van der Waals surface area contributed by atoms with E-state index < -0.39 is 0 Å². The normalized spacial score (nSPS) is 17.9. The minimum absolute atomic E-state index is 0.00451. The van der Waals surface area contributed by atoms with Gasteiger partial charge in [-0.15, -0.1) is 0 Å². The Morgan fingerprint density at radius 2 is 1.76 bits per heavy atom. The maximum atomic E-state index is 12.5. The largest absolute Gasteiger partial charge is 0.369 e. The summed E-state index contributed by atoms with van der Waals surface area (Å²) in [4.78, 5) is 25.1. The molecule has 1 aliphatic carbocycles. The summed E-state index contributed by atoms with van der Waals surface area (Å²) in [6.45, 7) is 10.7. The monoisotopic (exact) mass is 504 g/mol. The fraction of sp³-hybridized carbons (Fsp3) is 0.533. The van der Waals surface area contributed by atoms with Crippen LogP contribution >= 0.6 is 0 Å². The van der Waals surface area contributed by atoms with E-state index in [1.807, 2.05) is 37.9 Å². The van der Waals surface area contributed by atoms with Crippen molar-refractivity contribution in [3.63, 3.8) is 0 Å². The maximum Gasteiger partial charge on any atom is 0.252 e. The smallest absolute Gasteiger partial charge is 0.252 e. The summed E-state index contributed by atoms with van der Waals surface area (Å²) in [5, 5.41) is 3.56. The predicted molar refractivity (Wildman–Crippen MR) is 153 cm³/mol. The van der Waals surface area contributed by atoms with Gasteiger partial charge < -0.3 is 24.7 Å². The van der Waals surface area contributed by atoms with Crippen LogP contribution in [-0.4, -0.2) is 52.2 Å². The van der Waals surface area contributed by atoms with Crippen molar-refractivity contribution in [3.8, 4) is 11.3 Å². The van der Waals surface area contributed by atoms with E-state index in [9.17, 15) is 4.79 Å². The third kappa shape index (κ3) is 6.16. The van der Waals surface area contributed by atoms with Crippen LogP contribution in [0.2, 0.25) is 0 Å². The molecule has 2 heterocycles. The quantitative estimate of drug-likeness (QED) is 0.443. The number of nitrogens with one attached hydrogen (secondary N) is 2. The molecule has 7 heteroatoms. The second kappa shape index (κ2) is 11.7. The SMILES string of the molecule is CCN(c1cc(-c2cn(C)cn2)cc(CNCc2c(C)cc(C)[nH]c2=O)c1C)[C@H]1CC[C@H](N(C)C)CC1. The lowest BCUT2D eigenvalue weighted by molar-refractivity contribution is 0.214. The first-order valence-electron chi connectivity index (χ1n) is 13.6. The van der Waals surface area contributed by atoms with E-state index in [0.717, 1.165) is 34.6 Å². The van der Waals surface area contributed by atoms with Gasteiger partial charge in [0.15, 0.2) is 0 Å². The topological polar surface area (TPSA) is 69.2 Å². The molecule has 0 aliphatic heterocycles. The van der Waals surface area contributed by atoms with E-state index in [-0.39, 0.29) is 5.56 Å². The van der Waals surface area contributed by atoms with E-state index in [1.54, 1.807) is 0 Å². The van der Waals surface area contributed by atoms with Gasteiger partial charge in [0.2, 0.25) is 0 Å². The highest BCUT2D eigenvalue weighted by Crippen LogP contribution is 2.35. The number of aromatic nitrogens is 3. The third-order valence-corrected chi connectivity index (χ3v) is 8.09. The molecule has 7 nitrogen and oxygen atoms in total. The number of benzene rings is 1. The summed E-state index contributed by atoms with van der Waals surface area (Å²) < 4.78 is 2.00. The lowest BCUT2D eigenvalue weighted by atomic mass is 9.88. The number of hydrogen-bond donors (Lipinski definition) is 2. The summed E-state index contributed by atoms with van der Waals surface area (Å²) >= 11 is 0. The molecule has 1 aliphatic rings. The molecule has 0 amide bonds. The average Bonchev–Trinajstić information content (AvgIpc) is 3.29. The Hall–Kier alpha value is -2.90. The first-order valence-corrected chi connectivity index (χ1v) is 13.6.